The summed E-state index contributed by atoms with van der Waals surface area (Å²) in [5.41, 5.74) is 8.92. The fourth-order valence-electron chi connectivity index (χ4n) is 2.81. The zero-order valence-electron chi connectivity index (χ0n) is 9.93. The van der Waals surface area contributed by atoms with Crippen LogP contribution in [0.1, 0.15) is 6.42 Å². The van der Waals surface area contributed by atoms with Gasteiger partial charge in [0.2, 0.25) is 0 Å². The van der Waals surface area contributed by atoms with E-state index in [1.807, 2.05) is 12.4 Å². The number of fused-ring (bicyclic) bond motifs is 2. The Morgan fingerprint density at radius 1 is 1.44 bits per heavy atom. The lowest BCUT2D eigenvalue weighted by atomic mass is 10.2. The van der Waals surface area contributed by atoms with E-state index >= 15 is 0 Å². The first-order valence-corrected chi connectivity index (χ1v) is 6.22. The molecular formula is C13H14N5+. The van der Waals surface area contributed by atoms with E-state index < -0.39 is 0 Å². The van der Waals surface area contributed by atoms with E-state index in [9.17, 15) is 0 Å². The van der Waals surface area contributed by atoms with Crippen LogP contribution in [0.25, 0.3) is 0 Å². The monoisotopic (exact) mass is 240 g/mol. The van der Waals surface area contributed by atoms with Gasteiger partial charge in [0.1, 0.15) is 11.4 Å². The lowest BCUT2D eigenvalue weighted by Crippen LogP contribution is -2.28. The van der Waals surface area contributed by atoms with Gasteiger partial charge in [0.25, 0.3) is 0 Å². The van der Waals surface area contributed by atoms with Crippen LogP contribution in [0, 0.1) is 10.4 Å². The molecule has 90 valence electrons. The van der Waals surface area contributed by atoms with Gasteiger partial charge in [-0.15, -0.1) is 0 Å². The van der Waals surface area contributed by atoms with Gasteiger partial charge >= 0.3 is 11.0 Å². The van der Waals surface area contributed by atoms with E-state index in [4.69, 9.17) is 5.73 Å². The molecule has 1 atom stereocenters. The van der Waals surface area contributed by atoms with E-state index in [0.29, 0.717) is 0 Å². The van der Waals surface area contributed by atoms with Gasteiger partial charge in [-0.3, -0.25) is 4.98 Å². The maximum Gasteiger partial charge on any atom is 0.359 e. The summed E-state index contributed by atoms with van der Waals surface area (Å²) < 4.78 is 4.50. The van der Waals surface area contributed by atoms with Crippen LogP contribution in [0.15, 0.2) is 24.5 Å². The first kappa shape index (κ1) is 9.88. The molecule has 1 unspecified atom stereocenters. The second-order valence-electron chi connectivity index (χ2n) is 4.88. The molecule has 1 saturated heterocycles. The van der Waals surface area contributed by atoms with Crippen LogP contribution in [-0.4, -0.2) is 29.1 Å². The second kappa shape index (κ2) is 3.45. The number of aromatic amines is 1. The highest BCUT2D eigenvalue weighted by molar-refractivity contribution is 5.48. The van der Waals surface area contributed by atoms with Crippen molar-refractivity contribution in [3.8, 4) is 0 Å². The number of hydrogen-bond donors (Lipinski definition) is 2. The predicted molar refractivity (Wildman–Crippen MR) is 67.1 cm³/mol. The van der Waals surface area contributed by atoms with Gasteiger partial charge < -0.3 is 10.6 Å². The van der Waals surface area contributed by atoms with Crippen LogP contribution in [0.3, 0.4) is 0 Å². The minimum absolute atomic E-state index is 0.276. The van der Waals surface area contributed by atoms with Gasteiger partial charge in [-0.25, -0.2) is 4.67 Å². The number of nitrogens with one attached hydrogen (secondary N) is 1. The average Bonchev–Trinajstić information content (AvgIpc) is 3.02. The van der Waals surface area contributed by atoms with E-state index in [-0.39, 0.29) is 6.04 Å². The average molecular weight is 240 g/mol. The van der Waals surface area contributed by atoms with E-state index in [0.717, 1.165) is 40.9 Å². The summed E-state index contributed by atoms with van der Waals surface area (Å²) in [6.45, 7) is 1.92. The van der Waals surface area contributed by atoms with Crippen LogP contribution < -0.4 is 26.3 Å². The Labute approximate surface area is 103 Å². The van der Waals surface area contributed by atoms with Crippen LogP contribution in [-0.2, 0) is 0 Å². The molecule has 2 aliphatic rings. The van der Waals surface area contributed by atoms with Crippen molar-refractivity contribution < 1.29 is 0 Å². The molecule has 4 heterocycles. The van der Waals surface area contributed by atoms with Crippen molar-refractivity contribution in [3.05, 3.63) is 45.9 Å². The molecule has 0 bridgehead atoms. The summed E-state index contributed by atoms with van der Waals surface area (Å²) >= 11 is 0. The van der Waals surface area contributed by atoms with Crippen molar-refractivity contribution in [1.82, 2.24) is 14.6 Å². The van der Waals surface area contributed by atoms with E-state index in [1.165, 1.54) is 5.69 Å². The van der Waals surface area contributed by atoms with Gasteiger partial charge in [0, 0.05) is 19.1 Å². The maximum absolute atomic E-state index is 6.00. The molecule has 18 heavy (non-hydrogen) atoms. The Hall–Kier alpha value is -2.10. The normalized spacial score (nSPS) is 20.3. The second-order valence-corrected chi connectivity index (χ2v) is 4.88. The summed E-state index contributed by atoms with van der Waals surface area (Å²) in [5, 5.41) is 2.29. The SMILES string of the molecule is NC1CCN(c2ccnc3c2=c2cc[nH]c2=[N+]=3)C1. The number of hydrogen-bond acceptors (Lipinski definition) is 3. The Kier molecular flexibility index (Phi) is 1.89. The topological polar surface area (TPSA) is 72.0 Å². The standard InChI is InChI=1S/C13H13N5/c14-8-3-6-18(7-8)10-2-5-16-13-11(10)9-1-4-15-12(9)17-13/h1-2,4-5,8H,3,6-7,14H2/p+1. The van der Waals surface area contributed by atoms with Crippen molar-refractivity contribution in [2.45, 2.75) is 12.5 Å². The number of nitrogens with zero attached hydrogens (tertiary/aromatic N) is 3. The number of nitrogens with two attached hydrogens (primary N) is 1. The Balaban J connectivity index is 2.05. The first-order chi connectivity index (χ1) is 8.83. The highest BCUT2D eigenvalue weighted by atomic mass is 15.2. The minimum Gasteiger partial charge on any atom is -0.369 e. The van der Waals surface area contributed by atoms with Crippen molar-refractivity contribution in [2.24, 2.45) is 5.73 Å². The quantitative estimate of drug-likeness (QED) is 0.511. The Bertz CT molecular complexity index is 831. The van der Waals surface area contributed by atoms with Gasteiger partial charge in [-0.1, -0.05) is 4.98 Å². The summed E-state index contributed by atoms with van der Waals surface area (Å²) in [6, 6.07) is 4.40. The lowest BCUT2D eigenvalue weighted by Gasteiger charge is -2.16. The fourth-order valence-corrected chi connectivity index (χ4v) is 2.81. The number of pyridine rings is 1. The molecule has 4 rings (SSSR count). The molecule has 2 aromatic rings. The summed E-state index contributed by atoms with van der Waals surface area (Å²) in [6.07, 6.45) is 4.80. The van der Waals surface area contributed by atoms with Crippen LogP contribution in [0.4, 0.5) is 5.69 Å². The molecule has 3 N–H and O–H groups in total. The van der Waals surface area contributed by atoms with Gasteiger partial charge in [-0.05, 0) is 18.6 Å². The van der Waals surface area contributed by atoms with Crippen molar-refractivity contribution in [2.75, 3.05) is 18.0 Å². The van der Waals surface area contributed by atoms with E-state index in [1.54, 1.807) is 0 Å². The molecule has 2 aromatic heterocycles. The van der Waals surface area contributed by atoms with Crippen LogP contribution >= 0.6 is 0 Å². The number of rotatable bonds is 1. The third-order valence-electron chi connectivity index (χ3n) is 3.69. The zero-order chi connectivity index (χ0) is 12.1. The maximum atomic E-state index is 6.00. The molecule has 5 heteroatoms. The highest BCUT2D eigenvalue weighted by Crippen LogP contribution is 2.19. The Morgan fingerprint density at radius 2 is 2.39 bits per heavy atom. The summed E-state index contributed by atoms with van der Waals surface area (Å²) in [7, 11) is 0. The molecular weight excluding hydrogens is 226 g/mol. The van der Waals surface area contributed by atoms with Gasteiger partial charge in [0.05, 0.1) is 17.1 Å². The third-order valence-corrected chi connectivity index (χ3v) is 3.69. The van der Waals surface area contributed by atoms with Crippen molar-refractivity contribution >= 4 is 5.69 Å². The van der Waals surface area contributed by atoms with Gasteiger partial charge in [0.15, 0.2) is 0 Å². The lowest BCUT2D eigenvalue weighted by molar-refractivity contribution is 0.752. The fraction of sp³-hybridized carbons (Fsp3) is 0.308. The van der Waals surface area contributed by atoms with E-state index in [2.05, 4.69) is 31.7 Å². The largest absolute Gasteiger partial charge is 0.369 e. The molecule has 0 amide bonds. The molecule has 1 fully saturated rings. The molecule has 0 radical (unpaired) electrons. The van der Waals surface area contributed by atoms with Crippen LogP contribution in [0.5, 0.6) is 0 Å². The zero-order valence-corrected chi connectivity index (χ0v) is 9.93. The number of anilines is 1. The molecule has 2 aliphatic heterocycles. The number of H-pyrrole nitrogens is 1. The van der Waals surface area contributed by atoms with Crippen molar-refractivity contribution in [3.63, 3.8) is 0 Å². The van der Waals surface area contributed by atoms with Crippen molar-refractivity contribution in [1.29, 1.82) is 0 Å². The molecule has 0 aliphatic carbocycles. The van der Waals surface area contributed by atoms with Crippen LogP contribution in [0.2, 0.25) is 0 Å². The summed E-state index contributed by atoms with van der Waals surface area (Å²) in [4.78, 5) is 9.83. The minimum atomic E-state index is 0.276. The molecule has 0 spiro atoms. The predicted octanol–water partition coefficient (Wildman–Crippen LogP) is -1.45. The first-order valence-electron chi connectivity index (χ1n) is 6.22. The third kappa shape index (κ3) is 1.26. The van der Waals surface area contributed by atoms with Gasteiger partial charge in [-0.2, -0.15) is 0 Å². The molecule has 5 nitrogen and oxygen atoms in total. The Morgan fingerprint density at radius 3 is 3.22 bits per heavy atom. The summed E-state index contributed by atoms with van der Waals surface area (Å²) in [5.74, 6) is 0. The number of aromatic nitrogens is 2. The smallest absolute Gasteiger partial charge is 0.359 e. The molecule has 0 saturated carbocycles. The highest BCUT2D eigenvalue weighted by Gasteiger charge is 2.23. The molecule has 0 aromatic carbocycles.